The maximum atomic E-state index is 12.3. The van der Waals surface area contributed by atoms with E-state index in [0.29, 0.717) is 19.5 Å². The van der Waals surface area contributed by atoms with Crippen molar-refractivity contribution in [3.05, 3.63) is 35.4 Å². The smallest absolute Gasteiger partial charge is 0.226 e. The molecule has 4 heteroatoms. The molecule has 0 bridgehead atoms. The Morgan fingerprint density at radius 3 is 2.05 bits per heavy atom. The number of aryl methyl sites for hydroxylation is 1. The topological polar surface area (TPSA) is 72.3 Å². The number of carbonyl (C=O) groups excluding carboxylic acids is 1. The van der Waals surface area contributed by atoms with E-state index < -0.39 is 0 Å². The molecule has 0 aliphatic heterocycles. The van der Waals surface area contributed by atoms with Gasteiger partial charge in [0.25, 0.3) is 0 Å². The number of benzene rings is 1. The van der Waals surface area contributed by atoms with Gasteiger partial charge in [-0.05, 0) is 38.4 Å². The van der Waals surface area contributed by atoms with E-state index in [1.165, 1.54) is 5.56 Å². The largest absolute Gasteiger partial charge is 0.342 e. The molecule has 4 nitrogen and oxygen atoms in total. The van der Waals surface area contributed by atoms with Crippen molar-refractivity contribution in [2.75, 3.05) is 26.2 Å². The Morgan fingerprint density at radius 2 is 1.58 bits per heavy atom. The molecule has 0 aromatic heterocycles. The summed E-state index contributed by atoms with van der Waals surface area (Å²) in [7, 11) is 0. The van der Waals surface area contributed by atoms with Crippen LogP contribution in [0.5, 0.6) is 0 Å². The lowest BCUT2D eigenvalue weighted by atomic mass is 10.1. The van der Waals surface area contributed by atoms with Crippen LogP contribution in [0.25, 0.3) is 0 Å². The summed E-state index contributed by atoms with van der Waals surface area (Å²) in [5.41, 5.74) is 13.3. The minimum absolute atomic E-state index is 0.158. The van der Waals surface area contributed by atoms with Gasteiger partial charge in [-0.15, -0.1) is 0 Å². The lowest BCUT2D eigenvalue weighted by molar-refractivity contribution is -0.130. The predicted molar refractivity (Wildman–Crippen MR) is 78.8 cm³/mol. The van der Waals surface area contributed by atoms with Crippen LogP contribution >= 0.6 is 0 Å². The normalized spacial score (nSPS) is 10.5. The van der Waals surface area contributed by atoms with Crippen molar-refractivity contribution in [1.82, 2.24) is 4.90 Å². The molecule has 0 fully saturated rings. The van der Waals surface area contributed by atoms with E-state index in [-0.39, 0.29) is 5.91 Å². The van der Waals surface area contributed by atoms with Crippen molar-refractivity contribution in [3.8, 4) is 0 Å². The fourth-order valence-corrected chi connectivity index (χ4v) is 1.92. The summed E-state index contributed by atoms with van der Waals surface area (Å²) in [5.74, 6) is 0.158. The second-order valence-electron chi connectivity index (χ2n) is 4.83. The molecule has 1 amide bonds. The summed E-state index contributed by atoms with van der Waals surface area (Å²) < 4.78 is 0. The van der Waals surface area contributed by atoms with Crippen LogP contribution in [-0.4, -0.2) is 37.0 Å². The Kier molecular flexibility index (Phi) is 7.15. The summed E-state index contributed by atoms with van der Waals surface area (Å²) in [6.07, 6.45) is 2.13. The van der Waals surface area contributed by atoms with E-state index >= 15 is 0 Å². The number of rotatable bonds is 8. The van der Waals surface area contributed by atoms with Crippen molar-refractivity contribution in [2.45, 2.75) is 26.2 Å². The van der Waals surface area contributed by atoms with E-state index in [2.05, 4.69) is 0 Å². The molecule has 4 N–H and O–H groups in total. The quantitative estimate of drug-likeness (QED) is 0.736. The third kappa shape index (κ3) is 5.85. The molecule has 0 heterocycles. The van der Waals surface area contributed by atoms with Crippen LogP contribution in [0, 0.1) is 6.92 Å². The fourth-order valence-electron chi connectivity index (χ4n) is 1.92. The Morgan fingerprint density at radius 1 is 1.05 bits per heavy atom. The van der Waals surface area contributed by atoms with Crippen molar-refractivity contribution in [2.24, 2.45) is 11.5 Å². The highest BCUT2D eigenvalue weighted by Gasteiger charge is 2.12. The number of nitrogens with two attached hydrogens (primary N) is 2. The molecule has 1 aromatic rings. The van der Waals surface area contributed by atoms with Gasteiger partial charge in [0.2, 0.25) is 5.91 Å². The summed E-state index contributed by atoms with van der Waals surface area (Å²) in [5, 5.41) is 0. The van der Waals surface area contributed by atoms with Crippen LogP contribution in [0.1, 0.15) is 24.0 Å². The van der Waals surface area contributed by atoms with Gasteiger partial charge in [0.15, 0.2) is 0 Å². The van der Waals surface area contributed by atoms with E-state index in [1.807, 2.05) is 36.1 Å². The highest BCUT2D eigenvalue weighted by molar-refractivity contribution is 5.78. The van der Waals surface area contributed by atoms with Gasteiger partial charge < -0.3 is 16.4 Å². The fraction of sp³-hybridized carbons (Fsp3) is 0.533. The second kappa shape index (κ2) is 8.67. The van der Waals surface area contributed by atoms with Gasteiger partial charge in [-0.2, -0.15) is 0 Å². The zero-order valence-electron chi connectivity index (χ0n) is 11.8. The third-order valence-corrected chi connectivity index (χ3v) is 3.09. The molecule has 0 aliphatic rings. The van der Waals surface area contributed by atoms with Crippen LogP contribution in [0.2, 0.25) is 0 Å². The van der Waals surface area contributed by atoms with Crippen LogP contribution in [0.3, 0.4) is 0 Å². The number of amides is 1. The molecule has 106 valence electrons. The zero-order valence-corrected chi connectivity index (χ0v) is 11.8. The van der Waals surface area contributed by atoms with Crippen LogP contribution in [-0.2, 0) is 11.2 Å². The van der Waals surface area contributed by atoms with Gasteiger partial charge in [-0.25, -0.2) is 0 Å². The third-order valence-electron chi connectivity index (χ3n) is 3.09. The first kappa shape index (κ1) is 15.7. The zero-order chi connectivity index (χ0) is 14.1. The van der Waals surface area contributed by atoms with Crippen LogP contribution < -0.4 is 11.5 Å². The first-order chi connectivity index (χ1) is 9.17. The average Bonchev–Trinajstić information content (AvgIpc) is 2.41. The van der Waals surface area contributed by atoms with Crippen molar-refractivity contribution >= 4 is 5.91 Å². The summed E-state index contributed by atoms with van der Waals surface area (Å²) in [4.78, 5) is 14.1. The SMILES string of the molecule is Cc1ccc(CC(=O)N(CCCN)CCCN)cc1. The van der Waals surface area contributed by atoms with Crippen molar-refractivity contribution in [3.63, 3.8) is 0 Å². The Bertz CT molecular complexity index is 367. The van der Waals surface area contributed by atoms with Gasteiger partial charge in [0.05, 0.1) is 6.42 Å². The van der Waals surface area contributed by atoms with Gasteiger partial charge in [0.1, 0.15) is 0 Å². The van der Waals surface area contributed by atoms with Crippen molar-refractivity contribution in [1.29, 1.82) is 0 Å². The average molecular weight is 263 g/mol. The molecule has 1 rings (SSSR count). The first-order valence-electron chi connectivity index (χ1n) is 6.91. The van der Waals surface area contributed by atoms with Gasteiger partial charge in [0, 0.05) is 13.1 Å². The number of hydrogen-bond acceptors (Lipinski definition) is 3. The van der Waals surface area contributed by atoms with Crippen molar-refractivity contribution < 1.29 is 4.79 Å². The number of nitrogens with zero attached hydrogens (tertiary/aromatic N) is 1. The predicted octanol–water partition coefficient (Wildman–Crippen LogP) is 1.06. The maximum absolute atomic E-state index is 12.3. The first-order valence-corrected chi connectivity index (χ1v) is 6.91. The Labute approximate surface area is 115 Å². The minimum Gasteiger partial charge on any atom is -0.342 e. The Hall–Kier alpha value is -1.39. The van der Waals surface area contributed by atoms with Crippen LogP contribution in [0.4, 0.5) is 0 Å². The molecule has 0 saturated heterocycles. The second-order valence-corrected chi connectivity index (χ2v) is 4.83. The molecule has 0 aliphatic carbocycles. The molecular formula is C15H25N3O. The Balaban J connectivity index is 2.56. The molecule has 0 unspecified atom stereocenters. The molecule has 0 atom stereocenters. The molecular weight excluding hydrogens is 238 g/mol. The lowest BCUT2D eigenvalue weighted by Gasteiger charge is -2.22. The van der Waals surface area contributed by atoms with E-state index in [9.17, 15) is 4.79 Å². The summed E-state index contributed by atoms with van der Waals surface area (Å²) >= 11 is 0. The molecule has 0 spiro atoms. The standard InChI is InChI=1S/C15H25N3O/c1-13-4-6-14(7-5-13)12-15(19)18(10-2-8-16)11-3-9-17/h4-7H,2-3,8-12,16-17H2,1H3. The maximum Gasteiger partial charge on any atom is 0.226 e. The van der Waals surface area contributed by atoms with Gasteiger partial charge >= 0.3 is 0 Å². The van der Waals surface area contributed by atoms with Gasteiger partial charge in [-0.3, -0.25) is 4.79 Å². The summed E-state index contributed by atoms with van der Waals surface area (Å²) in [6, 6.07) is 8.09. The highest BCUT2D eigenvalue weighted by Crippen LogP contribution is 2.06. The number of carbonyl (C=O) groups is 1. The molecule has 0 saturated carbocycles. The number of hydrogen-bond donors (Lipinski definition) is 2. The van der Waals surface area contributed by atoms with E-state index in [1.54, 1.807) is 0 Å². The lowest BCUT2D eigenvalue weighted by Crippen LogP contribution is -2.35. The summed E-state index contributed by atoms with van der Waals surface area (Å²) in [6.45, 7) is 4.71. The van der Waals surface area contributed by atoms with Crippen LogP contribution in [0.15, 0.2) is 24.3 Å². The minimum atomic E-state index is 0.158. The highest BCUT2D eigenvalue weighted by atomic mass is 16.2. The molecule has 0 radical (unpaired) electrons. The molecule has 1 aromatic carbocycles. The van der Waals surface area contributed by atoms with E-state index in [4.69, 9.17) is 11.5 Å². The van der Waals surface area contributed by atoms with E-state index in [0.717, 1.165) is 31.5 Å². The molecule has 19 heavy (non-hydrogen) atoms. The van der Waals surface area contributed by atoms with Gasteiger partial charge in [-0.1, -0.05) is 29.8 Å². The monoisotopic (exact) mass is 263 g/mol.